The number of fused-ring (bicyclic) bond motifs is 2. The molecule has 0 atom stereocenters. The molecule has 0 aliphatic carbocycles. The van der Waals surface area contributed by atoms with Crippen molar-refractivity contribution in [3.8, 4) is 11.5 Å². The van der Waals surface area contributed by atoms with Crippen molar-refractivity contribution in [2.45, 2.75) is 116 Å². The third-order valence-corrected chi connectivity index (χ3v) is 6.86. The van der Waals surface area contributed by atoms with Crippen molar-refractivity contribution in [1.29, 1.82) is 0 Å². The highest BCUT2D eigenvalue weighted by Gasteiger charge is 2.29. The minimum absolute atomic E-state index is 0.119. The first-order chi connectivity index (χ1) is 16.8. The second-order valence-electron chi connectivity index (χ2n) is 9.75. The molecule has 34 heavy (non-hydrogen) atoms. The summed E-state index contributed by atoms with van der Waals surface area (Å²) >= 11 is 0. The van der Waals surface area contributed by atoms with E-state index in [9.17, 15) is 4.79 Å². The van der Waals surface area contributed by atoms with Gasteiger partial charge in [-0.05, 0) is 18.6 Å². The molecule has 3 heteroatoms. The fourth-order valence-electron chi connectivity index (χ4n) is 4.82. The van der Waals surface area contributed by atoms with E-state index in [2.05, 4.69) is 6.92 Å². The Morgan fingerprint density at radius 2 is 1.06 bits per heavy atom. The summed E-state index contributed by atoms with van der Waals surface area (Å²) in [5.41, 5.74) is 1.84. The molecule has 3 nitrogen and oxygen atoms in total. The smallest absolute Gasteiger partial charge is 0.306 e. The van der Waals surface area contributed by atoms with E-state index in [0.717, 1.165) is 35.5 Å². The zero-order valence-corrected chi connectivity index (χ0v) is 21.2. The number of ether oxygens (including phenoxy) is 2. The first-order valence-electron chi connectivity index (χ1n) is 13.8. The maximum absolute atomic E-state index is 12.6. The van der Waals surface area contributed by atoms with Crippen molar-refractivity contribution >= 4 is 5.97 Å². The van der Waals surface area contributed by atoms with Crippen molar-refractivity contribution in [3.63, 3.8) is 0 Å². The first-order valence-corrected chi connectivity index (χ1v) is 13.8. The van der Waals surface area contributed by atoms with E-state index in [0.29, 0.717) is 6.42 Å². The zero-order valence-electron chi connectivity index (χ0n) is 21.2. The van der Waals surface area contributed by atoms with E-state index < -0.39 is 0 Å². The third-order valence-electron chi connectivity index (χ3n) is 6.86. The summed E-state index contributed by atoms with van der Waals surface area (Å²) in [4.78, 5) is 12.6. The molecule has 0 saturated carbocycles. The highest BCUT2D eigenvalue weighted by Crippen LogP contribution is 2.44. The van der Waals surface area contributed by atoms with Gasteiger partial charge < -0.3 is 9.47 Å². The summed E-state index contributed by atoms with van der Waals surface area (Å²) in [6, 6.07) is 15.6. The molecule has 0 amide bonds. The molecule has 2 aromatic carbocycles. The second-order valence-corrected chi connectivity index (χ2v) is 9.75. The van der Waals surface area contributed by atoms with Crippen molar-refractivity contribution in [3.05, 3.63) is 59.7 Å². The van der Waals surface area contributed by atoms with Gasteiger partial charge >= 0.3 is 5.97 Å². The monoisotopic (exact) mass is 464 g/mol. The topological polar surface area (TPSA) is 35.5 Å². The van der Waals surface area contributed by atoms with E-state index in [4.69, 9.17) is 9.47 Å². The van der Waals surface area contributed by atoms with Gasteiger partial charge in [0.05, 0.1) is 0 Å². The van der Waals surface area contributed by atoms with Crippen LogP contribution < -0.4 is 4.74 Å². The number of para-hydroxylation sites is 2. The minimum atomic E-state index is -0.384. The quantitative estimate of drug-likeness (QED) is 0.173. The van der Waals surface area contributed by atoms with Crippen molar-refractivity contribution in [2.75, 3.05) is 0 Å². The van der Waals surface area contributed by atoms with Gasteiger partial charge in [-0.25, -0.2) is 0 Å². The van der Waals surface area contributed by atoms with Crippen LogP contribution in [-0.4, -0.2) is 5.97 Å². The highest BCUT2D eigenvalue weighted by molar-refractivity contribution is 5.70. The van der Waals surface area contributed by atoms with Gasteiger partial charge in [-0.1, -0.05) is 133 Å². The maximum Gasteiger partial charge on any atom is 0.306 e. The van der Waals surface area contributed by atoms with Crippen LogP contribution >= 0.6 is 0 Å². The van der Waals surface area contributed by atoms with Crippen molar-refractivity contribution < 1.29 is 14.3 Å². The van der Waals surface area contributed by atoms with Gasteiger partial charge in [0.15, 0.2) is 6.10 Å². The van der Waals surface area contributed by atoms with E-state index in [-0.39, 0.29) is 12.1 Å². The molecule has 0 N–H and O–H groups in total. The Morgan fingerprint density at radius 1 is 0.647 bits per heavy atom. The second kappa shape index (κ2) is 15.6. The molecule has 186 valence electrons. The Labute approximate surface area is 207 Å². The molecule has 1 heterocycles. The lowest BCUT2D eigenvalue weighted by atomic mass is 9.97. The van der Waals surface area contributed by atoms with Crippen LogP contribution in [0, 0.1) is 0 Å². The first kappa shape index (κ1) is 26.3. The molecule has 0 radical (unpaired) electrons. The van der Waals surface area contributed by atoms with E-state index >= 15 is 0 Å². The SMILES string of the molecule is CCCCCCCCCCCCCCCCCC(=O)OC1c2ccccc2Oc2ccccc21. The summed E-state index contributed by atoms with van der Waals surface area (Å²) in [7, 11) is 0. The Morgan fingerprint density at radius 3 is 1.53 bits per heavy atom. The Kier molecular flexibility index (Phi) is 12.1. The van der Waals surface area contributed by atoms with Gasteiger partial charge in [0.25, 0.3) is 0 Å². The molecule has 1 aliphatic rings. The number of carbonyl (C=O) groups excluding carboxylic acids is 1. The van der Waals surface area contributed by atoms with Crippen LogP contribution in [0.25, 0.3) is 0 Å². The lowest BCUT2D eigenvalue weighted by Crippen LogP contribution is -2.17. The molecule has 1 aliphatic heterocycles. The standard InChI is InChI=1S/C31H44O3/c1-2-3-4-5-6-7-8-9-10-11-12-13-14-15-16-25-30(32)34-31-26-21-17-19-23-28(26)33-29-24-20-18-22-27(29)31/h17-24,31H,2-16,25H2,1H3. The van der Waals surface area contributed by atoms with Gasteiger partial charge in [-0.15, -0.1) is 0 Å². The van der Waals surface area contributed by atoms with Gasteiger partial charge in [-0.3, -0.25) is 4.79 Å². The van der Waals surface area contributed by atoms with Crippen molar-refractivity contribution in [1.82, 2.24) is 0 Å². The summed E-state index contributed by atoms with van der Waals surface area (Å²) in [5.74, 6) is 1.42. The predicted molar refractivity (Wildman–Crippen MR) is 140 cm³/mol. The van der Waals surface area contributed by atoms with Crippen LogP contribution in [0.15, 0.2) is 48.5 Å². The van der Waals surface area contributed by atoms with E-state index in [1.54, 1.807) is 0 Å². The fraction of sp³-hybridized carbons (Fsp3) is 0.581. The van der Waals surface area contributed by atoms with Gasteiger partial charge in [0.2, 0.25) is 0 Å². The Balaban J connectivity index is 1.23. The van der Waals surface area contributed by atoms with Gasteiger partial charge in [0.1, 0.15) is 11.5 Å². The van der Waals surface area contributed by atoms with Crippen LogP contribution in [-0.2, 0) is 9.53 Å². The van der Waals surface area contributed by atoms with Crippen molar-refractivity contribution in [2.24, 2.45) is 0 Å². The number of unbranched alkanes of at least 4 members (excludes halogenated alkanes) is 14. The van der Waals surface area contributed by atoms with Crippen LogP contribution in [0.2, 0.25) is 0 Å². The van der Waals surface area contributed by atoms with Crippen LogP contribution in [0.5, 0.6) is 11.5 Å². The minimum Gasteiger partial charge on any atom is -0.456 e. The average molecular weight is 465 g/mol. The molecular formula is C31H44O3. The summed E-state index contributed by atoms with van der Waals surface area (Å²) < 4.78 is 11.9. The largest absolute Gasteiger partial charge is 0.456 e. The molecular weight excluding hydrogens is 420 g/mol. The normalized spacial score (nSPS) is 12.6. The number of carbonyl (C=O) groups is 1. The fourth-order valence-corrected chi connectivity index (χ4v) is 4.82. The van der Waals surface area contributed by atoms with Gasteiger partial charge in [0, 0.05) is 17.5 Å². The van der Waals surface area contributed by atoms with Crippen LogP contribution in [0.1, 0.15) is 127 Å². The molecule has 0 unspecified atom stereocenters. The van der Waals surface area contributed by atoms with Crippen LogP contribution in [0.4, 0.5) is 0 Å². The number of rotatable bonds is 17. The number of hydrogen-bond donors (Lipinski definition) is 0. The molecule has 0 spiro atoms. The average Bonchev–Trinajstić information content (AvgIpc) is 2.86. The summed E-state index contributed by atoms with van der Waals surface area (Å²) in [5, 5.41) is 0. The number of benzene rings is 2. The maximum atomic E-state index is 12.6. The molecule has 0 aromatic heterocycles. The summed E-state index contributed by atoms with van der Waals surface area (Å²) in [6.07, 6.45) is 19.9. The van der Waals surface area contributed by atoms with E-state index in [1.165, 1.54) is 83.5 Å². The number of esters is 1. The predicted octanol–water partition coefficient (Wildman–Crippen LogP) is 9.69. The third kappa shape index (κ3) is 8.81. The Bertz CT molecular complexity index is 799. The van der Waals surface area contributed by atoms with E-state index in [1.807, 2.05) is 48.5 Å². The number of hydrogen-bond acceptors (Lipinski definition) is 3. The van der Waals surface area contributed by atoms with Gasteiger partial charge in [-0.2, -0.15) is 0 Å². The molecule has 0 bridgehead atoms. The zero-order chi connectivity index (χ0) is 23.8. The molecule has 2 aromatic rings. The Hall–Kier alpha value is -2.29. The molecule has 0 fully saturated rings. The lowest BCUT2D eigenvalue weighted by molar-refractivity contribution is -0.147. The summed E-state index contributed by atoms with van der Waals surface area (Å²) in [6.45, 7) is 2.28. The molecule has 3 rings (SSSR count). The lowest BCUT2D eigenvalue weighted by Gasteiger charge is -2.27. The van der Waals surface area contributed by atoms with Crippen LogP contribution in [0.3, 0.4) is 0 Å². The highest BCUT2D eigenvalue weighted by atomic mass is 16.5. The molecule has 0 saturated heterocycles.